The zero-order valence-electron chi connectivity index (χ0n) is 11.6. The molecular weight excluding hydrogens is 303 g/mol. The molecule has 0 saturated heterocycles. The second-order valence-corrected chi connectivity index (χ2v) is 5.40. The summed E-state index contributed by atoms with van der Waals surface area (Å²) in [4.78, 5) is 0. The number of hydrogen-bond acceptors (Lipinski definition) is 2. The highest BCUT2D eigenvalue weighted by atomic mass is 35.5. The van der Waals surface area contributed by atoms with E-state index in [-0.39, 0.29) is 11.1 Å². The average Bonchev–Trinajstić information content (AvgIpc) is 2.83. The van der Waals surface area contributed by atoms with E-state index in [0.717, 1.165) is 17.8 Å². The molecule has 21 heavy (non-hydrogen) atoms. The van der Waals surface area contributed by atoms with Crippen LogP contribution < -0.4 is 5.32 Å². The molecule has 0 aliphatic carbocycles. The Bertz CT molecular complexity index is 620. The zero-order chi connectivity index (χ0) is 15.6. The second kappa shape index (κ2) is 5.97. The molecule has 7 heteroatoms. The molecule has 1 N–H and O–H groups in total. The largest absolute Gasteiger partial charge is 0.416 e. The van der Waals surface area contributed by atoms with Gasteiger partial charge in [0.1, 0.15) is 0 Å². The van der Waals surface area contributed by atoms with Crippen LogP contribution in [0.3, 0.4) is 0 Å². The quantitative estimate of drug-likeness (QED) is 0.882. The SMILES string of the molecule is CC(C)n1ccc(CNc2cc(Cl)cc(C(F)(F)F)c2)n1. The highest BCUT2D eigenvalue weighted by molar-refractivity contribution is 6.30. The van der Waals surface area contributed by atoms with Gasteiger partial charge in [-0.2, -0.15) is 18.3 Å². The van der Waals surface area contributed by atoms with E-state index in [1.54, 1.807) is 4.68 Å². The van der Waals surface area contributed by atoms with Crippen LogP contribution in [-0.4, -0.2) is 9.78 Å². The Labute approximate surface area is 125 Å². The van der Waals surface area contributed by atoms with Crippen molar-refractivity contribution in [2.45, 2.75) is 32.6 Å². The van der Waals surface area contributed by atoms with Gasteiger partial charge in [-0.15, -0.1) is 0 Å². The van der Waals surface area contributed by atoms with Gasteiger partial charge in [-0.1, -0.05) is 11.6 Å². The smallest absolute Gasteiger partial charge is 0.379 e. The number of rotatable bonds is 4. The fraction of sp³-hybridized carbons (Fsp3) is 0.357. The van der Waals surface area contributed by atoms with Crippen LogP contribution in [0.5, 0.6) is 0 Å². The fourth-order valence-corrected chi connectivity index (χ4v) is 2.04. The molecule has 1 heterocycles. The molecule has 0 bridgehead atoms. The second-order valence-electron chi connectivity index (χ2n) is 4.96. The minimum Gasteiger partial charge on any atom is -0.379 e. The Morgan fingerprint density at radius 1 is 1.29 bits per heavy atom. The van der Waals surface area contributed by atoms with E-state index in [1.165, 1.54) is 6.07 Å². The molecule has 2 rings (SSSR count). The molecule has 0 fully saturated rings. The lowest BCUT2D eigenvalue weighted by atomic mass is 10.2. The highest BCUT2D eigenvalue weighted by Crippen LogP contribution is 2.33. The predicted octanol–water partition coefficient (Wildman–Crippen LogP) is 4.75. The van der Waals surface area contributed by atoms with E-state index in [2.05, 4.69) is 10.4 Å². The number of nitrogens with one attached hydrogen (secondary N) is 1. The van der Waals surface area contributed by atoms with Crippen molar-refractivity contribution in [2.24, 2.45) is 0 Å². The maximum atomic E-state index is 12.7. The topological polar surface area (TPSA) is 29.9 Å². The van der Waals surface area contributed by atoms with Crippen molar-refractivity contribution in [3.63, 3.8) is 0 Å². The summed E-state index contributed by atoms with van der Waals surface area (Å²) < 4.78 is 39.9. The first-order chi connectivity index (χ1) is 9.75. The van der Waals surface area contributed by atoms with Crippen molar-refractivity contribution in [3.05, 3.63) is 46.7 Å². The number of halogens is 4. The zero-order valence-corrected chi connectivity index (χ0v) is 12.3. The van der Waals surface area contributed by atoms with E-state index in [1.807, 2.05) is 26.1 Å². The van der Waals surface area contributed by atoms with Gasteiger partial charge >= 0.3 is 6.18 Å². The van der Waals surface area contributed by atoms with Gasteiger partial charge in [-0.3, -0.25) is 4.68 Å². The van der Waals surface area contributed by atoms with Gasteiger partial charge in [-0.25, -0.2) is 0 Å². The summed E-state index contributed by atoms with van der Waals surface area (Å²) in [6.45, 7) is 4.32. The van der Waals surface area contributed by atoms with Crippen LogP contribution in [0.1, 0.15) is 31.1 Å². The molecule has 0 spiro atoms. The Morgan fingerprint density at radius 3 is 2.57 bits per heavy atom. The minimum atomic E-state index is -4.42. The number of hydrogen-bond donors (Lipinski definition) is 1. The molecule has 2 aromatic rings. The first kappa shape index (κ1) is 15.7. The molecular formula is C14H15ClF3N3. The van der Waals surface area contributed by atoms with Crippen molar-refractivity contribution in [2.75, 3.05) is 5.32 Å². The average molecular weight is 318 g/mol. The molecule has 1 aromatic heterocycles. The molecule has 0 atom stereocenters. The highest BCUT2D eigenvalue weighted by Gasteiger charge is 2.31. The first-order valence-corrected chi connectivity index (χ1v) is 6.79. The first-order valence-electron chi connectivity index (χ1n) is 6.41. The summed E-state index contributed by atoms with van der Waals surface area (Å²) in [7, 11) is 0. The number of nitrogens with zero attached hydrogens (tertiary/aromatic N) is 2. The summed E-state index contributed by atoms with van der Waals surface area (Å²) in [5, 5.41) is 7.27. The maximum absolute atomic E-state index is 12.7. The van der Waals surface area contributed by atoms with Crippen LogP contribution in [0.2, 0.25) is 5.02 Å². The number of alkyl halides is 3. The standard InChI is InChI=1S/C14H15ClF3N3/c1-9(2)21-4-3-12(20-21)8-19-13-6-10(14(16,17)18)5-11(15)7-13/h3-7,9,19H,8H2,1-2H3. The molecule has 0 aliphatic heterocycles. The van der Waals surface area contributed by atoms with Crippen molar-refractivity contribution in [1.29, 1.82) is 0 Å². The van der Waals surface area contributed by atoms with Crippen molar-refractivity contribution >= 4 is 17.3 Å². The van der Waals surface area contributed by atoms with E-state index in [0.29, 0.717) is 12.2 Å². The molecule has 0 aliphatic rings. The normalized spacial score (nSPS) is 12.0. The van der Waals surface area contributed by atoms with Crippen molar-refractivity contribution < 1.29 is 13.2 Å². The number of anilines is 1. The molecule has 1 aromatic carbocycles. The lowest BCUT2D eigenvalue weighted by Crippen LogP contribution is -2.07. The monoisotopic (exact) mass is 317 g/mol. The summed E-state index contributed by atoms with van der Waals surface area (Å²) in [6, 6.07) is 5.45. The lowest BCUT2D eigenvalue weighted by molar-refractivity contribution is -0.137. The Morgan fingerprint density at radius 2 is 2.00 bits per heavy atom. The van der Waals surface area contributed by atoms with Crippen molar-refractivity contribution in [3.8, 4) is 0 Å². The van der Waals surface area contributed by atoms with E-state index in [4.69, 9.17) is 11.6 Å². The number of aromatic nitrogens is 2. The van der Waals surface area contributed by atoms with Gasteiger partial charge in [-0.05, 0) is 38.1 Å². The molecule has 0 radical (unpaired) electrons. The molecule has 114 valence electrons. The van der Waals surface area contributed by atoms with E-state index < -0.39 is 11.7 Å². The summed E-state index contributed by atoms with van der Waals surface area (Å²) in [5.74, 6) is 0. The van der Waals surface area contributed by atoms with Crippen LogP contribution in [0.15, 0.2) is 30.5 Å². The van der Waals surface area contributed by atoms with Gasteiger partial charge in [0.2, 0.25) is 0 Å². The number of benzene rings is 1. The molecule has 0 unspecified atom stereocenters. The molecule has 3 nitrogen and oxygen atoms in total. The Hall–Kier alpha value is -1.69. The summed E-state index contributed by atoms with van der Waals surface area (Å²) in [6.07, 6.45) is -2.58. The predicted molar refractivity (Wildman–Crippen MR) is 76.4 cm³/mol. The third kappa shape index (κ3) is 4.14. The Balaban J connectivity index is 2.10. The van der Waals surface area contributed by atoms with Gasteiger partial charge in [0.15, 0.2) is 0 Å². The van der Waals surface area contributed by atoms with Gasteiger partial charge in [0.25, 0.3) is 0 Å². The molecule has 0 saturated carbocycles. The maximum Gasteiger partial charge on any atom is 0.416 e. The third-order valence-electron chi connectivity index (χ3n) is 2.89. The van der Waals surface area contributed by atoms with Crippen LogP contribution in [0, 0.1) is 0 Å². The minimum absolute atomic E-state index is 0.0417. The van der Waals surface area contributed by atoms with Crippen molar-refractivity contribution in [1.82, 2.24) is 9.78 Å². The van der Waals surface area contributed by atoms with E-state index >= 15 is 0 Å². The van der Waals surface area contributed by atoms with Crippen LogP contribution in [0.25, 0.3) is 0 Å². The van der Waals surface area contributed by atoms with Crippen LogP contribution in [-0.2, 0) is 12.7 Å². The fourth-order valence-electron chi connectivity index (χ4n) is 1.81. The van der Waals surface area contributed by atoms with Gasteiger partial charge in [0, 0.05) is 22.9 Å². The van der Waals surface area contributed by atoms with Crippen LogP contribution >= 0.6 is 11.6 Å². The van der Waals surface area contributed by atoms with E-state index in [9.17, 15) is 13.2 Å². The molecule has 0 amide bonds. The third-order valence-corrected chi connectivity index (χ3v) is 3.11. The van der Waals surface area contributed by atoms with Gasteiger partial charge in [0.05, 0.1) is 17.8 Å². The van der Waals surface area contributed by atoms with Crippen LogP contribution in [0.4, 0.5) is 18.9 Å². The Kier molecular flexibility index (Phi) is 4.46. The summed E-state index contributed by atoms with van der Waals surface area (Å²) >= 11 is 5.72. The summed E-state index contributed by atoms with van der Waals surface area (Å²) in [5.41, 5.74) is 0.288. The van der Waals surface area contributed by atoms with Gasteiger partial charge < -0.3 is 5.32 Å². The lowest BCUT2D eigenvalue weighted by Gasteiger charge is -2.11.